The monoisotopic (exact) mass is 406 g/mol. The van der Waals surface area contributed by atoms with Crippen molar-refractivity contribution in [1.29, 1.82) is 0 Å². The van der Waals surface area contributed by atoms with Crippen LogP contribution in [-0.4, -0.2) is 40.0 Å². The molecule has 0 saturated carbocycles. The van der Waals surface area contributed by atoms with Crippen molar-refractivity contribution in [2.45, 2.75) is 25.3 Å². The van der Waals surface area contributed by atoms with Gasteiger partial charge < -0.3 is 0 Å². The molecule has 0 aliphatic carbocycles. The first-order valence-electron chi connectivity index (χ1n) is 8.13. The Morgan fingerprint density at radius 3 is 2.48 bits per heavy atom. The number of hydrogen-bond donors (Lipinski definition) is 0. The quantitative estimate of drug-likeness (QED) is 0.608. The lowest BCUT2D eigenvalue weighted by Gasteiger charge is -2.14. The number of carbonyl (C=O) groups is 1. The number of sulfone groups is 1. The van der Waals surface area contributed by atoms with E-state index in [4.69, 9.17) is 11.6 Å². The molecule has 2 aromatic heterocycles. The molecular weight excluding hydrogens is 388 g/mol. The number of nitrogens with zero attached hydrogens (tertiary/aromatic N) is 4. The van der Waals surface area contributed by atoms with Crippen molar-refractivity contribution in [2.24, 2.45) is 7.05 Å². The van der Waals surface area contributed by atoms with Gasteiger partial charge in [0.15, 0.2) is 15.6 Å². The van der Waals surface area contributed by atoms with Crippen LogP contribution in [0.25, 0.3) is 0 Å². The van der Waals surface area contributed by atoms with Crippen LogP contribution in [0.4, 0.5) is 0 Å². The molecule has 0 amide bonds. The fourth-order valence-corrected chi connectivity index (χ4v) is 4.25. The van der Waals surface area contributed by atoms with Gasteiger partial charge in [-0.3, -0.25) is 14.2 Å². The van der Waals surface area contributed by atoms with Gasteiger partial charge in [0.25, 0.3) is 0 Å². The van der Waals surface area contributed by atoms with Crippen molar-refractivity contribution in [3.63, 3.8) is 0 Å². The van der Waals surface area contributed by atoms with Crippen LogP contribution in [0.3, 0.4) is 0 Å². The minimum Gasteiger partial charge on any atom is -0.288 e. The molecule has 0 bridgehead atoms. The zero-order valence-electron chi connectivity index (χ0n) is 15.4. The Bertz CT molecular complexity index is 1150. The zero-order chi connectivity index (χ0) is 19.9. The molecular formula is C18H19ClN4O3S. The molecule has 0 aliphatic heterocycles. The summed E-state index contributed by atoms with van der Waals surface area (Å²) in [6.07, 6.45) is 4.15. The molecule has 0 saturated heterocycles. The third kappa shape index (κ3) is 3.81. The van der Waals surface area contributed by atoms with E-state index >= 15 is 0 Å². The predicted octanol–water partition coefficient (Wildman–Crippen LogP) is 2.57. The topological polar surface area (TPSA) is 86.9 Å². The number of aromatic nitrogens is 4. The lowest BCUT2D eigenvalue weighted by Crippen LogP contribution is -2.13. The van der Waals surface area contributed by atoms with Crippen molar-refractivity contribution in [2.75, 3.05) is 6.26 Å². The molecule has 0 radical (unpaired) electrons. The Labute approximate surface area is 162 Å². The number of aryl methyl sites for hydroxylation is 3. The summed E-state index contributed by atoms with van der Waals surface area (Å²) in [5.41, 5.74) is 2.64. The second-order valence-corrected chi connectivity index (χ2v) is 8.85. The second-order valence-electron chi connectivity index (χ2n) is 6.49. The number of benzene rings is 1. The minimum atomic E-state index is -3.54. The van der Waals surface area contributed by atoms with Crippen LogP contribution in [-0.2, 0) is 23.4 Å². The highest BCUT2D eigenvalue weighted by Crippen LogP contribution is 2.30. The van der Waals surface area contributed by atoms with Crippen molar-refractivity contribution in [3.05, 3.63) is 63.7 Å². The Morgan fingerprint density at radius 1 is 1.26 bits per heavy atom. The Hall–Kier alpha value is -2.45. The van der Waals surface area contributed by atoms with Gasteiger partial charge in [0.1, 0.15) is 0 Å². The van der Waals surface area contributed by atoms with Gasteiger partial charge in [-0.2, -0.15) is 10.2 Å². The minimum absolute atomic E-state index is 0.0859. The van der Waals surface area contributed by atoms with Crippen molar-refractivity contribution in [3.8, 4) is 0 Å². The van der Waals surface area contributed by atoms with Crippen LogP contribution >= 0.6 is 11.6 Å². The van der Waals surface area contributed by atoms with Crippen LogP contribution < -0.4 is 0 Å². The molecule has 1 aromatic carbocycles. The summed E-state index contributed by atoms with van der Waals surface area (Å²) in [6.45, 7) is 3.87. The van der Waals surface area contributed by atoms with Crippen molar-refractivity contribution < 1.29 is 13.2 Å². The highest BCUT2D eigenvalue weighted by Gasteiger charge is 2.23. The largest absolute Gasteiger partial charge is 0.288 e. The molecule has 0 unspecified atom stereocenters. The third-order valence-electron chi connectivity index (χ3n) is 4.22. The van der Waals surface area contributed by atoms with Crippen LogP contribution in [0.5, 0.6) is 0 Å². The number of carbonyl (C=O) groups excluding carboxylic acids is 1. The SMILES string of the molecule is Cc1cc(C)n(Cc2c(S(C)(=O)=O)ccc(C(=O)c3cnn(C)c3)c2Cl)n1. The van der Waals surface area contributed by atoms with Gasteiger partial charge in [-0.1, -0.05) is 11.6 Å². The lowest BCUT2D eigenvalue weighted by molar-refractivity contribution is 0.103. The first kappa shape index (κ1) is 19.3. The van der Waals surface area contributed by atoms with E-state index in [1.54, 1.807) is 17.9 Å². The number of ketones is 1. The molecule has 27 heavy (non-hydrogen) atoms. The van der Waals surface area contributed by atoms with E-state index in [9.17, 15) is 13.2 Å². The molecule has 0 N–H and O–H groups in total. The predicted molar refractivity (Wildman–Crippen MR) is 102 cm³/mol. The fourth-order valence-electron chi connectivity index (χ4n) is 2.95. The van der Waals surface area contributed by atoms with Gasteiger partial charge in [0, 0.05) is 36.3 Å². The summed E-state index contributed by atoms with van der Waals surface area (Å²) >= 11 is 6.53. The Kier molecular flexibility index (Phi) is 4.96. The Morgan fingerprint density at radius 2 is 1.96 bits per heavy atom. The summed E-state index contributed by atoms with van der Waals surface area (Å²) in [4.78, 5) is 12.9. The molecule has 3 rings (SSSR count). The molecule has 0 atom stereocenters. The lowest BCUT2D eigenvalue weighted by atomic mass is 10.0. The zero-order valence-corrected chi connectivity index (χ0v) is 17.0. The smallest absolute Gasteiger partial charge is 0.197 e. The van der Waals surface area contributed by atoms with E-state index in [1.165, 1.54) is 23.0 Å². The maximum Gasteiger partial charge on any atom is 0.197 e. The molecule has 0 spiro atoms. The van der Waals surface area contributed by atoms with E-state index in [0.717, 1.165) is 17.6 Å². The van der Waals surface area contributed by atoms with Crippen LogP contribution in [0.2, 0.25) is 5.02 Å². The summed E-state index contributed by atoms with van der Waals surface area (Å²) in [6, 6.07) is 4.75. The van der Waals surface area contributed by atoms with E-state index in [-0.39, 0.29) is 27.8 Å². The number of hydrogen-bond acceptors (Lipinski definition) is 5. The molecule has 0 aliphatic rings. The van der Waals surface area contributed by atoms with Crippen LogP contribution in [0.1, 0.15) is 32.9 Å². The molecule has 2 heterocycles. The fraction of sp³-hybridized carbons (Fsp3) is 0.278. The highest BCUT2D eigenvalue weighted by atomic mass is 35.5. The molecule has 7 nitrogen and oxygen atoms in total. The van der Waals surface area contributed by atoms with Gasteiger partial charge in [-0.05, 0) is 32.0 Å². The maximum atomic E-state index is 12.8. The average Bonchev–Trinajstić information content (AvgIpc) is 3.13. The number of halogens is 1. The summed E-state index contributed by atoms with van der Waals surface area (Å²) < 4.78 is 27.7. The standard InChI is InChI=1S/C18H19ClN4O3S/c1-11-7-12(2)23(21-11)10-15-16(27(4,25)26)6-5-14(17(15)19)18(24)13-8-20-22(3)9-13/h5-9H,10H2,1-4H3. The first-order valence-corrected chi connectivity index (χ1v) is 10.4. The van der Waals surface area contributed by atoms with Gasteiger partial charge in [0.2, 0.25) is 0 Å². The third-order valence-corrected chi connectivity index (χ3v) is 5.84. The second kappa shape index (κ2) is 6.94. The van der Waals surface area contributed by atoms with Crippen molar-refractivity contribution >= 4 is 27.2 Å². The van der Waals surface area contributed by atoms with Gasteiger partial charge >= 0.3 is 0 Å². The average molecular weight is 407 g/mol. The summed E-state index contributed by atoms with van der Waals surface area (Å²) in [5, 5.41) is 8.48. The normalized spacial score (nSPS) is 11.7. The van der Waals surface area contributed by atoms with E-state index in [2.05, 4.69) is 10.2 Å². The van der Waals surface area contributed by atoms with Gasteiger partial charge in [0.05, 0.1) is 33.9 Å². The maximum absolute atomic E-state index is 12.8. The van der Waals surface area contributed by atoms with Crippen LogP contribution in [0, 0.1) is 13.8 Å². The molecule has 0 fully saturated rings. The van der Waals surface area contributed by atoms with Gasteiger partial charge in [-0.15, -0.1) is 0 Å². The highest BCUT2D eigenvalue weighted by molar-refractivity contribution is 7.90. The Balaban J connectivity index is 2.16. The molecule has 3 aromatic rings. The molecule has 142 valence electrons. The van der Waals surface area contributed by atoms with E-state index in [0.29, 0.717) is 11.1 Å². The number of rotatable bonds is 5. The van der Waals surface area contributed by atoms with E-state index in [1.807, 2.05) is 19.9 Å². The summed E-state index contributed by atoms with van der Waals surface area (Å²) in [7, 11) is -1.83. The van der Waals surface area contributed by atoms with Crippen LogP contribution in [0.15, 0.2) is 35.5 Å². The van der Waals surface area contributed by atoms with E-state index < -0.39 is 9.84 Å². The first-order chi connectivity index (χ1) is 12.6. The summed E-state index contributed by atoms with van der Waals surface area (Å²) in [5.74, 6) is -0.317. The van der Waals surface area contributed by atoms with Crippen molar-refractivity contribution in [1.82, 2.24) is 19.6 Å². The molecule has 9 heteroatoms. The van der Waals surface area contributed by atoms with Gasteiger partial charge in [-0.25, -0.2) is 8.42 Å².